The van der Waals surface area contributed by atoms with E-state index in [-0.39, 0.29) is 11.7 Å². The first kappa shape index (κ1) is 20.4. The van der Waals surface area contributed by atoms with Gasteiger partial charge in [0.05, 0.1) is 16.8 Å². The first-order chi connectivity index (χ1) is 14.5. The van der Waals surface area contributed by atoms with Crippen molar-refractivity contribution in [1.29, 1.82) is 0 Å². The molecule has 0 unspecified atom stereocenters. The fraction of sp³-hybridized carbons (Fsp3) is 0.375. The molecule has 4 rings (SSSR count). The number of benzene rings is 2. The normalized spacial score (nSPS) is 15.5. The predicted molar refractivity (Wildman–Crippen MR) is 122 cm³/mol. The van der Waals surface area contributed by atoms with E-state index in [1.54, 1.807) is 12.3 Å². The maximum atomic E-state index is 13.4. The first-order valence-electron chi connectivity index (χ1n) is 10.7. The van der Waals surface area contributed by atoms with Crippen LogP contribution in [0.25, 0.3) is 10.9 Å². The van der Waals surface area contributed by atoms with Crippen molar-refractivity contribution in [3.05, 3.63) is 53.3 Å². The predicted octanol–water partition coefficient (Wildman–Crippen LogP) is 4.99. The number of rotatable bonds is 6. The van der Waals surface area contributed by atoms with Crippen LogP contribution in [0, 0.1) is 12.7 Å². The molecule has 158 valence electrons. The van der Waals surface area contributed by atoms with E-state index in [1.807, 2.05) is 6.07 Å². The van der Waals surface area contributed by atoms with Crippen molar-refractivity contribution in [3.8, 4) is 5.88 Å². The van der Waals surface area contributed by atoms with E-state index in [9.17, 15) is 9.50 Å². The second kappa shape index (κ2) is 8.88. The molecule has 0 radical (unpaired) electrons. The van der Waals surface area contributed by atoms with Gasteiger partial charge in [-0.25, -0.2) is 4.39 Å². The third kappa shape index (κ3) is 4.33. The van der Waals surface area contributed by atoms with Gasteiger partial charge in [-0.05, 0) is 61.9 Å². The number of hydrogen-bond donors (Lipinski definition) is 2. The van der Waals surface area contributed by atoms with Crippen molar-refractivity contribution < 1.29 is 9.50 Å². The van der Waals surface area contributed by atoms with Gasteiger partial charge < -0.3 is 15.0 Å². The molecule has 6 heteroatoms. The van der Waals surface area contributed by atoms with Crippen LogP contribution in [0.15, 0.2) is 41.4 Å². The molecule has 1 aliphatic heterocycles. The number of aromatic amines is 1. The fourth-order valence-electron chi connectivity index (χ4n) is 4.12. The van der Waals surface area contributed by atoms with E-state index in [4.69, 9.17) is 0 Å². The minimum Gasteiger partial charge on any atom is -0.494 e. The summed E-state index contributed by atoms with van der Waals surface area (Å²) in [6.45, 7) is 9.87. The summed E-state index contributed by atoms with van der Waals surface area (Å²) < 4.78 is 13.4. The standard InChI is InChI=1S/C24H29FN4O/c1-3-4-9-28-10-12-29(13-11-28)23-8-6-19(14-17(23)2)26-16-21-20-7-5-18(25)15-22(20)27-24(21)30/h5-8,14-16,27,30H,3-4,9-13H2,1-2H3. The third-order valence-electron chi connectivity index (χ3n) is 5.84. The van der Waals surface area contributed by atoms with Crippen LogP contribution in [0.5, 0.6) is 5.88 Å². The number of anilines is 1. The summed E-state index contributed by atoms with van der Waals surface area (Å²) in [6.07, 6.45) is 4.15. The van der Waals surface area contributed by atoms with Gasteiger partial charge in [0.25, 0.3) is 0 Å². The van der Waals surface area contributed by atoms with E-state index in [1.165, 1.54) is 42.8 Å². The van der Waals surface area contributed by atoms with Crippen LogP contribution >= 0.6 is 0 Å². The van der Waals surface area contributed by atoms with Crippen LogP contribution < -0.4 is 4.90 Å². The van der Waals surface area contributed by atoms with E-state index < -0.39 is 0 Å². The minimum absolute atomic E-state index is 0.00589. The zero-order valence-electron chi connectivity index (χ0n) is 17.7. The highest BCUT2D eigenvalue weighted by atomic mass is 19.1. The highest BCUT2D eigenvalue weighted by Gasteiger charge is 2.18. The van der Waals surface area contributed by atoms with Crippen LogP contribution in [-0.2, 0) is 0 Å². The first-order valence-corrected chi connectivity index (χ1v) is 10.7. The highest BCUT2D eigenvalue weighted by molar-refractivity contribution is 6.02. The van der Waals surface area contributed by atoms with Gasteiger partial charge >= 0.3 is 0 Å². The molecule has 0 amide bonds. The Balaban J connectivity index is 1.47. The summed E-state index contributed by atoms with van der Waals surface area (Å²) in [4.78, 5) is 12.3. The van der Waals surface area contributed by atoms with Gasteiger partial charge in [-0.3, -0.25) is 9.89 Å². The lowest BCUT2D eigenvalue weighted by molar-refractivity contribution is 0.254. The van der Waals surface area contributed by atoms with Crippen LogP contribution in [0.2, 0.25) is 0 Å². The summed E-state index contributed by atoms with van der Waals surface area (Å²) >= 11 is 0. The molecular weight excluding hydrogens is 379 g/mol. The number of nitrogens with zero attached hydrogens (tertiary/aromatic N) is 3. The summed E-state index contributed by atoms with van der Waals surface area (Å²) in [5.74, 6) is -0.349. The molecule has 0 spiro atoms. The monoisotopic (exact) mass is 408 g/mol. The number of H-pyrrole nitrogens is 1. The Bertz CT molecular complexity index is 1050. The third-order valence-corrected chi connectivity index (χ3v) is 5.84. The molecule has 1 saturated heterocycles. The van der Waals surface area contributed by atoms with Crippen molar-refractivity contribution in [2.75, 3.05) is 37.6 Å². The molecule has 0 saturated carbocycles. The minimum atomic E-state index is -0.343. The number of nitrogens with one attached hydrogen (secondary N) is 1. The molecule has 0 bridgehead atoms. The Labute approximate surface area is 176 Å². The number of aromatic nitrogens is 1. The lowest BCUT2D eigenvalue weighted by Gasteiger charge is -2.36. The second-order valence-electron chi connectivity index (χ2n) is 7.99. The van der Waals surface area contributed by atoms with Crippen LogP contribution in [-0.4, -0.2) is 53.9 Å². The lowest BCUT2D eigenvalue weighted by atomic mass is 10.1. The Morgan fingerprint density at radius 2 is 1.93 bits per heavy atom. The number of unbranched alkanes of at least 4 members (excludes halogenated alkanes) is 1. The molecular formula is C24H29FN4O. The van der Waals surface area contributed by atoms with Gasteiger partial charge in [0.1, 0.15) is 5.82 Å². The van der Waals surface area contributed by atoms with Crippen molar-refractivity contribution in [3.63, 3.8) is 0 Å². The lowest BCUT2D eigenvalue weighted by Crippen LogP contribution is -2.46. The van der Waals surface area contributed by atoms with Crippen molar-refractivity contribution in [2.45, 2.75) is 26.7 Å². The van der Waals surface area contributed by atoms with E-state index in [2.05, 4.69) is 45.8 Å². The number of hydrogen-bond acceptors (Lipinski definition) is 4. The SMILES string of the molecule is CCCCN1CCN(c2ccc(N=Cc3c(O)[nH]c4cc(F)ccc34)cc2C)CC1. The summed E-state index contributed by atoms with van der Waals surface area (Å²) in [7, 11) is 0. The Morgan fingerprint density at radius 3 is 2.67 bits per heavy atom. The smallest absolute Gasteiger partial charge is 0.198 e. The molecule has 0 atom stereocenters. The van der Waals surface area contributed by atoms with Gasteiger partial charge in [0.15, 0.2) is 5.88 Å². The Morgan fingerprint density at radius 1 is 1.13 bits per heavy atom. The van der Waals surface area contributed by atoms with Gasteiger partial charge in [0.2, 0.25) is 0 Å². The summed E-state index contributed by atoms with van der Waals surface area (Å²) in [6, 6.07) is 10.6. The molecule has 5 nitrogen and oxygen atoms in total. The number of fused-ring (bicyclic) bond motifs is 1. The highest BCUT2D eigenvalue weighted by Crippen LogP contribution is 2.29. The van der Waals surface area contributed by atoms with Gasteiger partial charge in [-0.2, -0.15) is 0 Å². The Hall–Kier alpha value is -2.86. The molecule has 1 aliphatic rings. The van der Waals surface area contributed by atoms with Crippen molar-refractivity contribution in [1.82, 2.24) is 9.88 Å². The molecule has 0 aliphatic carbocycles. The number of aryl methyl sites for hydroxylation is 1. The quantitative estimate of drug-likeness (QED) is 0.565. The molecule has 2 heterocycles. The fourth-order valence-corrected chi connectivity index (χ4v) is 4.12. The van der Waals surface area contributed by atoms with Crippen LogP contribution in [0.4, 0.5) is 15.8 Å². The summed E-state index contributed by atoms with van der Waals surface area (Å²) in [5, 5.41) is 10.9. The number of aliphatic imine (C=N–C) groups is 1. The largest absolute Gasteiger partial charge is 0.494 e. The average Bonchev–Trinajstić information content (AvgIpc) is 3.05. The maximum Gasteiger partial charge on any atom is 0.198 e. The van der Waals surface area contributed by atoms with E-state index in [0.717, 1.165) is 37.3 Å². The molecule has 3 aromatic rings. The van der Waals surface area contributed by atoms with Crippen molar-refractivity contribution in [2.24, 2.45) is 4.99 Å². The van der Waals surface area contributed by atoms with Gasteiger partial charge in [-0.1, -0.05) is 13.3 Å². The van der Waals surface area contributed by atoms with Gasteiger partial charge in [0, 0.05) is 43.5 Å². The molecule has 2 N–H and O–H groups in total. The zero-order valence-corrected chi connectivity index (χ0v) is 17.7. The van der Waals surface area contributed by atoms with E-state index >= 15 is 0 Å². The number of halogens is 1. The van der Waals surface area contributed by atoms with Crippen LogP contribution in [0.3, 0.4) is 0 Å². The van der Waals surface area contributed by atoms with Crippen LogP contribution in [0.1, 0.15) is 30.9 Å². The molecule has 1 aromatic heterocycles. The Kier molecular flexibility index (Phi) is 6.04. The van der Waals surface area contributed by atoms with Crippen molar-refractivity contribution >= 4 is 28.5 Å². The van der Waals surface area contributed by atoms with Gasteiger partial charge in [-0.15, -0.1) is 0 Å². The maximum absolute atomic E-state index is 13.4. The molecule has 1 fully saturated rings. The zero-order chi connectivity index (χ0) is 21.1. The topological polar surface area (TPSA) is 54.9 Å². The average molecular weight is 409 g/mol. The molecule has 30 heavy (non-hydrogen) atoms. The number of aromatic hydroxyl groups is 1. The molecule has 2 aromatic carbocycles. The second-order valence-corrected chi connectivity index (χ2v) is 7.99. The number of piperazine rings is 1. The van der Waals surface area contributed by atoms with E-state index in [0.29, 0.717) is 11.1 Å². The summed E-state index contributed by atoms with van der Waals surface area (Å²) in [5.41, 5.74) is 4.40.